The van der Waals surface area contributed by atoms with Gasteiger partial charge in [0.25, 0.3) is 0 Å². The Bertz CT molecular complexity index is 984. The molecule has 0 unspecified atom stereocenters. The average molecular weight is 298 g/mol. The standard InChI is InChI=1S/C16H12ClN3O/c1-9-14(11-4-2-3-5-12(11)21-9)15-16(18)20-8-10(17)6-7-13(20)19-15/h2-8H,18H2,1H3. The second-order valence-corrected chi connectivity index (χ2v) is 5.39. The molecule has 3 heterocycles. The maximum absolute atomic E-state index is 6.26. The summed E-state index contributed by atoms with van der Waals surface area (Å²) in [5, 5.41) is 1.63. The Hall–Kier alpha value is -2.46. The topological polar surface area (TPSA) is 56.5 Å². The number of aryl methyl sites for hydroxylation is 1. The predicted molar refractivity (Wildman–Crippen MR) is 84.6 cm³/mol. The van der Waals surface area contributed by atoms with E-state index in [0.717, 1.165) is 33.6 Å². The van der Waals surface area contributed by atoms with Crippen LogP contribution in [0.15, 0.2) is 47.0 Å². The summed E-state index contributed by atoms with van der Waals surface area (Å²) in [6, 6.07) is 11.5. The molecular formula is C16H12ClN3O. The van der Waals surface area contributed by atoms with Gasteiger partial charge in [-0.3, -0.25) is 4.40 Å². The van der Waals surface area contributed by atoms with E-state index in [2.05, 4.69) is 4.98 Å². The molecule has 5 heteroatoms. The molecule has 2 N–H and O–H groups in total. The van der Waals surface area contributed by atoms with E-state index in [1.807, 2.05) is 37.3 Å². The van der Waals surface area contributed by atoms with Gasteiger partial charge in [0.15, 0.2) is 0 Å². The van der Waals surface area contributed by atoms with E-state index in [4.69, 9.17) is 21.8 Å². The zero-order valence-corrected chi connectivity index (χ0v) is 12.1. The summed E-state index contributed by atoms with van der Waals surface area (Å²) in [5.41, 5.74) is 9.51. The normalized spacial score (nSPS) is 11.5. The maximum atomic E-state index is 6.26. The number of hydrogen-bond donors (Lipinski definition) is 1. The van der Waals surface area contributed by atoms with Gasteiger partial charge in [0.05, 0.1) is 10.6 Å². The van der Waals surface area contributed by atoms with Crippen LogP contribution in [0.3, 0.4) is 0 Å². The highest BCUT2D eigenvalue weighted by Gasteiger charge is 2.19. The molecule has 0 saturated heterocycles. The van der Waals surface area contributed by atoms with Gasteiger partial charge < -0.3 is 10.2 Å². The quantitative estimate of drug-likeness (QED) is 0.570. The first-order valence-corrected chi connectivity index (χ1v) is 6.94. The fourth-order valence-corrected chi connectivity index (χ4v) is 2.84. The third kappa shape index (κ3) is 1.73. The summed E-state index contributed by atoms with van der Waals surface area (Å²) in [7, 11) is 0. The third-order valence-corrected chi connectivity index (χ3v) is 3.85. The number of benzene rings is 1. The lowest BCUT2D eigenvalue weighted by atomic mass is 10.1. The summed E-state index contributed by atoms with van der Waals surface area (Å²) in [5.74, 6) is 1.36. The van der Waals surface area contributed by atoms with E-state index in [0.29, 0.717) is 10.8 Å². The highest BCUT2D eigenvalue weighted by Crippen LogP contribution is 2.37. The molecule has 0 fully saturated rings. The van der Waals surface area contributed by atoms with Crippen molar-refractivity contribution in [1.82, 2.24) is 9.38 Å². The summed E-state index contributed by atoms with van der Waals surface area (Å²) in [6.07, 6.45) is 1.76. The Morgan fingerprint density at radius 2 is 2.00 bits per heavy atom. The van der Waals surface area contributed by atoms with Crippen LogP contribution < -0.4 is 5.73 Å². The highest BCUT2D eigenvalue weighted by atomic mass is 35.5. The Kier molecular flexibility index (Phi) is 2.50. The van der Waals surface area contributed by atoms with Crippen LogP contribution in [0.1, 0.15) is 5.76 Å². The van der Waals surface area contributed by atoms with Gasteiger partial charge in [-0.25, -0.2) is 4.98 Å². The molecule has 0 bridgehead atoms. The van der Waals surface area contributed by atoms with E-state index in [9.17, 15) is 0 Å². The number of anilines is 1. The van der Waals surface area contributed by atoms with E-state index < -0.39 is 0 Å². The van der Waals surface area contributed by atoms with Crippen LogP contribution in [0.5, 0.6) is 0 Å². The van der Waals surface area contributed by atoms with Gasteiger partial charge in [-0.15, -0.1) is 0 Å². The Balaban J connectivity index is 2.09. The maximum Gasteiger partial charge on any atom is 0.139 e. The van der Waals surface area contributed by atoms with Crippen LogP contribution in [-0.2, 0) is 0 Å². The molecular weight excluding hydrogens is 286 g/mol. The smallest absolute Gasteiger partial charge is 0.139 e. The minimum absolute atomic E-state index is 0.558. The molecule has 0 aliphatic carbocycles. The van der Waals surface area contributed by atoms with Crippen molar-refractivity contribution in [2.75, 3.05) is 5.73 Å². The van der Waals surface area contributed by atoms with E-state index >= 15 is 0 Å². The summed E-state index contributed by atoms with van der Waals surface area (Å²) in [6.45, 7) is 1.92. The van der Waals surface area contributed by atoms with Gasteiger partial charge in [0.2, 0.25) is 0 Å². The number of nitrogens with two attached hydrogens (primary N) is 1. The number of nitrogens with zero attached hydrogens (tertiary/aromatic N) is 2. The van der Waals surface area contributed by atoms with Crippen LogP contribution in [0, 0.1) is 6.92 Å². The molecule has 0 atom stereocenters. The first kappa shape index (κ1) is 12.3. The van der Waals surface area contributed by atoms with Gasteiger partial charge in [0, 0.05) is 11.6 Å². The highest BCUT2D eigenvalue weighted by molar-refractivity contribution is 6.30. The Morgan fingerprint density at radius 1 is 1.19 bits per heavy atom. The fraction of sp³-hybridized carbons (Fsp3) is 0.0625. The number of aromatic nitrogens is 2. The number of para-hydroxylation sites is 1. The molecule has 21 heavy (non-hydrogen) atoms. The van der Waals surface area contributed by atoms with Crippen molar-refractivity contribution in [3.05, 3.63) is 53.4 Å². The molecule has 4 rings (SSSR count). The summed E-state index contributed by atoms with van der Waals surface area (Å²) < 4.78 is 7.59. The fourth-order valence-electron chi connectivity index (χ4n) is 2.68. The van der Waals surface area contributed by atoms with Gasteiger partial charge in [-0.2, -0.15) is 0 Å². The molecule has 0 radical (unpaired) electrons. The molecule has 1 aromatic carbocycles. The lowest BCUT2D eigenvalue weighted by Crippen LogP contribution is -1.94. The van der Waals surface area contributed by atoms with Gasteiger partial charge in [0.1, 0.15) is 28.5 Å². The average Bonchev–Trinajstić information content (AvgIpc) is 2.96. The van der Waals surface area contributed by atoms with Crippen molar-refractivity contribution in [3.63, 3.8) is 0 Å². The largest absolute Gasteiger partial charge is 0.461 e. The number of imidazole rings is 1. The lowest BCUT2D eigenvalue weighted by molar-refractivity contribution is 0.580. The zero-order chi connectivity index (χ0) is 14.6. The van der Waals surface area contributed by atoms with Crippen LogP contribution in [0.4, 0.5) is 5.82 Å². The third-order valence-electron chi connectivity index (χ3n) is 3.63. The predicted octanol–water partition coefficient (Wildman–Crippen LogP) is 4.29. The lowest BCUT2D eigenvalue weighted by Gasteiger charge is -1.99. The number of rotatable bonds is 1. The van der Waals surface area contributed by atoms with Gasteiger partial charge in [-0.1, -0.05) is 29.8 Å². The Morgan fingerprint density at radius 3 is 2.86 bits per heavy atom. The second kappa shape index (κ2) is 4.27. The van der Waals surface area contributed by atoms with Crippen molar-refractivity contribution >= 4 is 34.0 Å². The minimum atomic E-state index is 0.558. The number of hydrogen-bond acceptors (Lipinski definition) is 3. The van der Waals surface area contributed by atoms with Crippen molar-refractivity contribution < 1.29 is 4.42 Å². The number of furan rings is 1. The van der Waals surface area contributed by atoms with E-state index in [-0.39, 0.29) is 0 Å². The van der Waals surface area contributed by atoms with Crippen LogP contribution in [-0.4, -0.2) is 9.38 Å². The van der Waals surface area contributed by atoms with E-state index in [1.54, 1.807) is 16.7 Å². The van der Waals surface area contributed by atoms with Crippen LogP contribution in [0.2, 0.25) is 5.02 Å². The molecule has 0 saturated carbocycles. The number of halogens is 1. The number of fused-ring (bicyclic) bond motifs is 2. The van der Waals surface area contributed by atoms with Gasteiger partial charge in [-0.05, 0) is 25.1 Å². The van der Waals surface area contributed by atoms with Crippen molar-refractivity contribution in [2.24, 2.45) is 0 Å². The molecule has 0 aliphatic rings. The molecule has 0 amide bonds. The summed E-state index contributed by atoms with van der Waals surface area (Å²) in [4.78, 5) is 4.63. The summed E-state index contributed by atoms with van der Waals surface area (Å²) >= 11 is 6.03. The van der Waals surface area contributed by atoms with Crippen LogP contribution in [0.25, 0.3) is 27.9 Å². The molecule has 104 valence electrons. The second-order valence-electron chi connectivity index (χ2n) is 4.95. The van der Waals surface area contributed by atoms with Crippen molar-refractivity contribution in [3.8, 4) is 11.3 Å². The SMILES string of the molecule is Cc1oc2ccccc2c1-c1nc2ccc(Cl)cn2c1N. The molecule has 4 aromatic rings. The Labute approximate surface area is 125 Å². The molecule has 3 aromatic heterocycles. The van der Waals surface area contributed by atoms with Crippen LogP contribution >= 0.6 is 11.6 Å². The zero-order valence-electron chi connectivity index (χ0n) is 11.3. The monoisotopic (exact) mass is 297 g/mol. The number of nitrogen functional groups attached to an aromatic ring is 1. The first-order chi connectivity index (χ1) is 10.1. The molecule has 0 aliphatic heterocycles. The number of pyridine rings is 1. The first-order valence-electron chi connectivity index (χ1n) is 6.57. The van der Waals surface area contributed by atoms with Gasteiger partial charge >= 0.3 is 0 Å². The minimum Gasteiger partial charge on any atom is -0.461 e. The molecule has 4 nitrogen and oxygen atoms in total. The molecule has 0 spiro atoms. The van der Waals surface area contributed by atoms with Crippen molar-refractivity contribution in [2.45, 2.75) is 6.92 Å². The van der Waals surface area contributed by atoms with Crippen molar-refractivity contribution in [1.29, 1.82) is 0 Å². The van der Waals surface area contributed by atoms with E-state index in [1.165, 1.54) is 0 Å².